The molecule has 1 saturated carbocycles. The van der Waals surface area contributed by atoms with Crippen LogP contribution in [0.25, 0.3) is 0 Å². The van der Waals surface area contributed by atoms with Gasteiger partial charge in [-0.1, -0.05) is 19.8 Å². The summed E-state index contributed by atoms with van der Waals surface area (Å²) in [6.45, 7) is 4.22. The second-order valence-electron chi connectivity index (χ2n) is 11.7. The van der Waals surface area contributed by atoms with Gasteiger partial charge in [0.2, 0.25) is 5.95 Å². The Hall–Kier alpha value is -2.90. The summed E-state index contributed by atoms with van der Waals surface area (Å²) in [5, 5.41) is 6.05. The fourth-order valence-corrected chi connectivity index (χ4v) is 7.59. The minimum atomic E-state index is -4.63. The monoisotopic (exact) mass is 624 g/mol. The Kier molecular flexibility index (Phi) is 10.6. The number of carbonyl (C=O) groups excluding carboxylic acids is 1. The minimum absolute atomic E-state index is 0.0130. The maximum absolute atomic E-state index is 14.1. The molecule has 3 atom stereocenters. The molecule has 0 radical (unpaired) electrons. The summed E-state index contributed by atoms with van der Waals surface area (Å²) in [5.41, 5.74) is -0.167. The van der Waals surface area contributed by atoms with E-state index >= 15 is 0 Å². The first-order chi connectivity index (χ1) is 20.3. The lowest BCUT2D eigenvalue weighted by atomic mass is 9.81. The molecule has 1 unspecified atom stereocenters. The third kappa shape index (κ3) is 8.39. The molecule has 1 aromatic heterocycles. The Morgan fingerprint density at radius 3 is 2.53 bits per heavy atom. The Balaban J connectivity index is 1.57. The molecule has 1 amide bonds. The lowest BCUT2D eigenvalue weighted by molar-refractivity contribution is -0.138. The zero-order chi connectivity index (χ0) is 31.4. The topological polar surface area (TPSA) is 99.7 Å². The molecule has 238 valence electrons. The third-order valence-corrected chi connectivity index (χ3v) is 9.96. The van der Waals surface area contributed by atoms with Crippen LogP contribution >= 0.6 is 0 Å². The number of alkyl halides is 3. The number of anilines is 2. The zero-order valence-electron chi connectivity index (χ0n) is 25.4. The molecule has 13 heteroatoms. The van der Waals surface area contributed by atoms with Gasteiger partial charge in [0.05, 0.1) is 24.1 Å². The normalized spacial score (nSPS) is 21.8. The standard InChI is InChI=1S/C30H43F3N6O3S/c1-6-39(43(4,5)41)26-10-8-7-9-20(26)17-25-23(30(31,32)33)19-34-29(37-25)36-24-12-11-21(18-27(24)42-3)28(40)35-22-13-15-38(2)16-14-22/h11-12,18-20,22,26H,4,6-10,13-17H2,1-3,5H3,(H,35,40)(H,34,36,37)/t20-,26+,43?/m0/s1. The molecule has 2 fully saturated rings. The Labute approximate surface area is 252 Å². The molecule has 0 spiro atoms. The van der Waals surface area contributed by atoms with E-state index in [2.05, 4.69) is 38.4 Å². The third-order valence-electron chi connectivity index (χ3n) is 8.44. The molecular formula is C30H43F3N6O3S. The van der Waals surface area contributed by atoms with Crippen molar-refractivity contribution < 1.29 is 26.9 Å². The van der Waals surface area contributed by atoms with Crippen molar-refractivity contribution in [2.45, 2.75) is 70.1 Å². The summed E-state index contributed by atoms with van der Waals surface area (Å²) < 4.78 is 62.4. The van der Waals surface area contributed by atoms with E-state index in [9.17, 15) is 22.2 Å². The van der Waals surface area contributed by atoms with Gasteiger partial charge >= 0.3 is 6.18 Å². The molecule has 2 heterocycles. The van der Waals surface area contributed by atoms with Crippen molar-refractivity contribution in [3.63, 3.8) is 0 Å². The van der Waals surface area contributed by atoms with Crippen LogP contribution in [-0.4, -0.2) is 87.3 Å². The van der Waals surface area contributed by atoms with Gasteiger partial charge in [0, 0.05) is 46.4 Å². The fourth-order valence-electron chi connectivity index (χ4n) is 6.20. The summed E-state index contributed by atoms with van der Waals surface area (Å²) in [6.07, 6.45) is 2.81. The predicted octanol–water partition coefficient (Wildman–Crippen LogP) is 4.76. The van der Waals surface area contributed by atoms with E-state index < -0.39 is 21.4 Å². The van der Waals surface area contributed by atoms with E-state index in [1.807, 2.05) is 11.2 Å². The maximum atomic E-state index is 14.1. The summed E-state index contributed by atoms with van der Waals surface area (Å²) in [7, 11) is 0.974. The van der Waals surface area contributed by atoms with Gasteiger partial charge in [0.25, 0.3) is 5.91 Å². The number of ether oxygens (including phenoxy) is 1. The quantitative estimate of drug-likeness (QED) is 0.368. The van der Waals surface area contributed by atoms with Gasteiger partial charge in [-0.25, -0.2) is 14.3 Å². The van der Waals surface area contributed by atoms with Gasteiger partial charge in [-0.3, -0.25) is 9.00 Å². The number of aromatic nitrogens is 2. The molecule has 0 bridgehead atoms. The number of benzene rings is 1. The number of carbonyl (C=O) groups is 1. The molecule has 2 N–H and O–H groups in total. The van der Waals surface area contributed by atoms with Crippen molar-refractivity contribution in [3.05, 3.63) is 41.2 Å². The maximum Gasteiger partial charge on any atom is 0.419 e. The first-order valence-corrected chi connectivity index (χ1v) is 16.9. The van der Waals surface area contributed by atoms with Crippen molar-refractivity contribution in [1.82, 2.24) is 24.5 Å². The van der Waals surface area contributed by atoms with Crippen LogP contribution in [0.1, 0.15) is 67.1 Å². The Morgan fingerprint density at radius 1 is 1.21 bits per heavy atom. The van der Waals surface area contributed by atoms with Crippen molar-refractivity contribution in [2.24, 2.45) is 5.92 Å². The van der Waals surface area contributed by atoms with Gasteiger partial charge in [-0.2, -0.15) is 13.2 Å². The molecule has 1 saturated heterocycles. The molecule has 4 rings (SSSR count). The number of hydrogen-bond donors (Lipinski definition) is 2. The molecule has 2 aromatic rings. The van der Waals surface area contributed by atoms with Crippen LogP contribution in [0.15, 0.2) is 24.4 Å². The van der Waals surface area contributed by atoms with Crippen molar-refractivity contribution in [2.75, 3.05) is 45.4 Å². The van der Waals surface area contributed by atoms with E-state index in [1.165, 1.54) is 7.11 Å². The number of amides is 1. The van der Waals surface area contributed by atoms with E-state index in [1.54, 1.807) is 24.5 Å². The van der Waals surface area contributed by atoms with Gasteiger partial charge in [0.15, 0.2) is 0 Å². The first-order valence-electron chi connectivity index (χ1n) is 14.8. The largest absolute Gasteiger partial charge is 0.495 e. The lowest BCUT2D eigenvalue weighted by Crippen LogP contribution is -2.46. The molecular weight excluding hydrogens is 581 g/mol. The van der Waals surface area contributed by atoms with Crippen LogP contribution in [0, 0.1) is 5.92 Å². The summed E-state index contributed by atoms with van der Waals surface area (Å²) >= 11 is 0. The second kappa shape index (κ2) is 13.8. The van der Waals surface area contributed by atoms with Gasteiger partial charge in [-0.05, 0) is 82.2 Å². The number of nitrogens with one attached hydrogen (secondary N) is 2. The van der Waals surface area contributed by atoms with Gasteiger partial charge < -0.3 is 20.3 Å². The predicted molar refractivity (Wildman–Crippen MR) is 164 cm³/mol. The van der Waals surface area contributed by atoms with Crippen molar-refractivity contribution >= 4 is 33.1 Å². The second-order valence-corrected chi connectivity index (χ2v) is 14.0. The average molecular weight is 625 g/mol. The van der Waals surface area contributed by atoms with Crippen LogP contribution in [0.3, 0.4) is 0 Å². The van der Waals surface area contributed by atoms with Crippen LogP contribution in [0.2, 0.25) is 0 Å². The number of rotatable bonds is 10. The van der Waals surface area contributed by atoms with Gasteiger partial charge in [0.1, 0.15) is 5.75 Å². The SMILES string of the molecule is C=S(C)(=O)N(CC)[C@@H]1CCCC[C@H]1Cc1nc(Nc2ccc(C(=O)NC3CCN(C)CC3)cc2OC)ncc1C(F)(F)F. The molecule has 1 aliphatic carbocycles. The highest BCUT2D eigenvalue weighted by Gasteiger charge is 2.38. The number of piperidine rings is 1. The van der Waals surface area contributed by atoms with Crippen LogP contribution < -0.4 is 15.4 Å². The highest BCUT2D eigenvalue weighted by Crippen LogP contribution is 2.37. The van der Waals surface area contributed by atoms with E-state index in [4.69, 9.17) is 4.74 Å². The van der Waals surface area contributed by atoms with E-state index in [0.717, 1.165) is 51.4 Å². The first kappa shape index (κ1) is 33.0. The van der Waals surface area contributed by atoms with Crippen LogP contribution in [0.4, 0.5) is 24.8 Å². The summed E-state index contributed by atoms with van der Waals surface area (Å²) in [5.74, 6) is 3.78. The zero-order valence-corrected chi connectivity index (χ0v) is 26.2. The fraction of sp³-hybridized carbons (Fsp3) is 0.600. The number of halogens is 3. The van der Waals surface area contributed by atoms with Crippen LogP contribution in [-0.2, 0) is 22.3 Å². The van der Waals surface area contributed by atoms with Crippen LogP contribution in [0.5, 0.6) is 5.75 Å². The number of methoxy groups -OCH3 is 1. The number of nitrogens with zero attached hydrogens (tertiary/aromatic N) is 4. The Morgan fingerprint density at radius 2 is 1.91 bits per heavy atom. The number of likely N-dealkylation sites (tertiary alicyclic amines) is 1. The minimum Gasteiger partial charge on any atom is -0.495 e. The lowest BCUT2D eigenvalue weighted by Gasteiger charge is -2.40. The molecule has 43 heavy (non-hydrogen) atoms. The highest BCUT2D eigenvalue weighted by atomic mass is 32.2. The Bertz CT molecular complexity index is 1380. The molecule has 1 aromatic carbocycles. The molecule has 2 aliphatic rings. The molecule has 1 aliphatic heterocycles. The summed E-state index contributed by atoms with van der Waals surface area (Å²) in [4.78, 5) is 23.4. The average Bonchev–Trinajstić information content (AvgIpc) is 2.94. The van der Waals surface area contributed by atoms with E-state index in [0.29, 0.717) is 30.0 Å². The van der Waals surface area contributed by atoms with E-state index in [-0.39, 0.29) is 42.0 Å². The number of hydrogen-bond acceptors (Lipinski definition) is 7. The van der Waals surface area contributed by atoms with Crippen molar-refractivity contribution in [3.8, 4) is 5.75 Å². The van der Waals surface area contributed by atoms with Gasteiger partial charge in [-0.15, -0.1) is 0 Å². The summed E-state index contributed by atoms with van der Waals surface area (Å²) in [6, 6.07) is 4.79. The molecule has 9 nitrogen and oxygen atoms in total. The van der Waals surface area contributed by atoms with Crippen molar-refractivity contribution in [1.29, 1.82) is 0 Å². The highest BCUT2D eigenvalue weighted by molar-refractivity contribution is 7.97. The smallest absolute Gasteiger partial charge is 0.419 e.